The quantitative estimate of drug-likeness (QED) is 0.322. The Morgan fingerprint density at radius 1 is 1.03 bits per heavy atom. The summed E-state index contributed by atoms with van der Waals surface area (Å²) in [5, 5.41) is 4.28. The first kappa shape index (κ1) is 21.6. The summed E-state index contributed by atoms with van der Waals surface area (Å²) in [7, 11) is 1.97. The average Bonchev–Trinajstić information content (AvgIpc) is 3.53. The van der Waals surface area contributed by atoms with E-state index in [4.69, 9.17) is 4.74 Å². The van der Waals surface area contributed by atoms with Crippen molar-refractivity contribution >= 4 is 45.0 Å². The monoisotopic (exact) mass is 488 g/mol. The van der Waals surface area contributed by atoms with Crippen molar-refractivity contribution in [2.45, 2.75) is 19.4 Å². The largest absolute Gasteiger partial charge is 0.457 e. The van der Waals surface area contributed by atoms with E-state index in [2.05, 4.69) is 26.8 Å². The molecule has 0 spiro atoms. The van der Waals surface area contributed by atoms with Crippen molar-refractivity contribution in [3.63, 3.8) is 0 Å². The van der Waals surface area contributed by atoms with E-state index in [9.17, 15) is 4.79 Å². The molecule has 3 aromatic carbocycles. The molecule has 2 atom stereocenters. The number of nitrogens with zero attached hydrogens (tertiary/aromatic N) is 5. The molecule has 2 aromatic heterocycles. The highest BCUT2D eigenvalue weighted by atomic mass is 16.5. The summed E-state index contributed by atoms with van der Waals surface area (Å²) in [6.07, 6.45) is 4.33. The summed E-state index contributed by atoms with van der Waals surface area (Å²) in [5.74, 6) is 2.49. The van der Waals surface area contributed by atoms with Crippen molar-refractivity contribution in [2.24, 2.45) is 13.0 Å². The van der Waals surface area contributed by atoms with Crippen LogP contribution in [-0.2, 0) is 11.8 Å². The van der Waals surface area contributed by atoms with Gasteiger partial charge in [0.2, 0.25) is 0 Å². The molecule has 8 heteroatoms. The zero-order chi connectivity index (χ0) is 25.3. The number of benzene rings is 3. The molecule has 2 fully saturated rings. The number of aryl methyl sites for hydroxylation is 2. The maximum atomic E-state index is 12.7. The fourth-order valence-electron chi connectivity index (χ4n) is 5.19. The van der Waals surface area contributed by atoms with E-state index in [0.717, 1.165) is 56.8 Å². The second kappa shape index (κ2) is 7.89. The van der Waals surface area contributed by atoms with E-state index >= 15 is 0 Å². The average molecular weight is 489 g/mol. The lowest BCUT2D eigenvalue weighted by molar-refractivity contribution is -0.114. The van der Waals surface area contributed by atoms with Crippen molar-refractivity contribution in [1.82, 2.24) is 19.5 Å². The first-order chi connectivity index (χ1) is 18.0. The van der Waals surface area contributed by atoms with Crippen LogP contribution in [0.15, 0.2) is 79.4 Å². The lowest BCUT2D eigenvalue weighted by Gasteiger charge is -2.19. The van der Waals surface area contributed by atoms with Crippen molar-refractivity contribution in [2.75, 3.05) is 10.2 Å². The summed E-state index contributed by atoms with van der Waals surface area (Å²) in [6, 6.07) is 17.9. The topological polar surface area (TPSA) is 85.2 Å². The minimum atomic E-state index is 0.0142. The number of carbonyl (C=O) groups excluding carboxylic acids is 1. The van der Waals surface area contributed by atoms with Crippen LogP contribution in [0.1, 0.15) is 12.0 Å². The van der Waals surface area contributed by atoms with Crippen molar-refractivity contribution < 1.29 is 9.53 Å². The molecule has 1 aliphatic carbocycles. The Hall–Kier alpha value is -4.72. The van der Waals surface area contributed by atoms with Crippen LogP contribution in [0.2, 0.25) is 0 Å². The summed E-state index contributed by atoms with van der Waals surface area (Å²) < 4.78 is 8.14. The summed E-state index contributed by atoms with van der Waals surface area (Å²) in [6.45, 7) is 5.99. The number of rotatable bonds is 5. The van der Waals surface area contributed by atoms with Gasteiger partial charge in [-0.2, -0.15) is 0 Å². The Morgan fingerprint density at radius 3 is 2.73 bits per heavy atom. The van der Waals surface area contributed by atoms with Gasteiger partial charge in [0.15, 0.2) is 0 Å². The third kappa shape index (κ3) is 3.52. The number of fused-ring (bicyclic) bond motifs is 3. The summed E-state index contributed by atoms with van der Waals surface area (Å²) in [4.78, 5) is 27.9. The van der Waals surface area contributed by atoms with Crippen LogP contribution < -0.4 is 15.0 Å². The molecule has 0 bridgehead atoms. The number of piperidine rings is 1. The molecule has 3 heterocycles. The molecule has 0 unspecified atom stereocenters. The molecule has 0 radical (unpaired) electrons. The Morgan fingerprint density at radius 2 is 1.92 bits per heavy atom. The van der Waals surface area contributed by atoms with Gasteiger partial charge in [-0.25, -0.2) is 15.0 Å². The molecular weight excluding hydrogens is 464 g/mol. The first-order valence-corrected chi connectivity index (χ1v) is 12.2. The van der Waals surface area contributed by atoms with Gasteiger partial charge in [-0.05, 0) is 67.4 Å². The predicted molar refractivity (Wildman–Crippen MR) is 143 cm³/mol. The Kier molecular flexibility index (Phi) is 4.60. The molecule has 8 nitrogen and oxygen atoms in total. The molecule has 7 rings (SSSR count). The summed E-state index contributed by atoms with van der Waals surface area (Å²) in [5.41, 5.74) is 6.18. The molecule has 1 saturated heterocycles. The standard InChI is InChI=1S/C29H24N6O2/c1-16-10-18(4-9-27(16)37-20-6-8-25-24(12-20)32-15-34(25)3)33-28-22-11-19(5-7-23(22)30-14-31-28)35-26-13-21(26)17(2)29(35)36/h4-12,14-15,21,26H,2,13H2,1,3H3,(H,30,31,33)/t21-,26-/m0/s1. The highest BCUT2D eigenvalue weighted by Gasteiger charge is 2.54. The smallest absolute Gasteiger partial charge is 0.254 e. The number of carbonyl (C=O) groups is 1. The van der Waals surface area contributed by atoms with Crippen LogP contribution in [0, 0.1) is 12.8 Å². The molecule has 37 heavy (non-hydrogen) atoms. The lowest BCUT2D eigenvalue weighted by Crippen LogP contribution is -2.28. The van der Waals surface area contributed by atoms with Gasteiger partial charge >= 0.3 is 0 Å². The number of ether oxygens (including phenoxy) is 1. The fourth-order valence-corrected chi connectivity index (χ4v) is 5.19. The molecule has 2 aliphatic rings. The van der Waals surface area contributed by atoms with Crippen LogP contribution >= 0.6 is 0 Å². The van der Waals surface area contributed by atoms with Crippen molar-refractivity contribution in [3.05, 3.63) is 85.0 Å². The van der Waals surface area contributed by atoms with Gasteiger partial charge in [0.05, 0.1) is 22.9 Å². The highest BCUT2D eigenvalue weighted by molar-refractivity contribution is 6.11. The van der Waals surface area contributed by atoms with E-state index in [1.54, 1.807) is 12.7 Å². The van der Waals surface area contributed by atoms with Gasteiger partial charge in [0, 0.05) is 47.4 Å². The molecular formula is C29H24N6O2. The van der Waals surface area contributed by atoms with Gasteiger partial charge in [-0.15, -0.1) is 0 Å². The molecule has 1 amide bonds. The SMILES string of the molecule is C=C1C(=O)N(c2ccc3ncnc(Nc4ccc(Oc5ccc6c(c5)ncn6C)c(C)c4)c3c2)[C@H]2C[C@@H]12. The van der Waals surface area contributed by atoms with Gasteiger partial charge in [-0.1, -0.05) is 6.58 Å². The third-order valence-electron chi connectivity index (χ3n) is 7.29. The van der Waals surface area contributed by atoms with Gasteiger partial charge < -0.3 is 19.5 Å². The number of imidazole rings is 1. The minimum absolute atomic E-state index is 0.0142. The van der Waals surface area contributed by atoms with Crippen molar-refractivity contribution in [3.8, 4) is 11.5 Å². The van der Waals surface area contributed by atoms with E-state index in [1.165, 1.54) is 0 Å². The zero-order valence-electron chi connectivity index (χ0n) is 20.5. The Labute approximate surface area is 213 Å². The van der Waals surface area contributed by atoms with Crippen LogP contribution in [0.5, 0.6) is 11.5 Å². The third-order valence-corrected chi connectivity index (χ3v) is 7.29. The molecule has 5 aromatic rings. The van der Waals surface area contributed by atoms with E-state index in [1.807, 2.05) is 78.0 Å². The molecule has 1 saturated carbocycles. The lowest BCUT2D eigenvalue weighted by atomic mass is 10.1. The molecule has 1 aliphatic heterocycles. The van der Waals surface area contributed by atoms with Crippen LogP contribution in [0.3, 0.4) is 0 Å². The number of aromatic nitrogens is 4. The number of anilines is 3. The Bertz CT molecular complexity index is 1760. The highest BCUT2D eigenvalue weighted by Crippen LogP contribution is 2.50. The molecule has 1 N–H and O–H groups in total. The Balaban J connectivity index is 1.16. The van der Waals surface area contributed by atoms with Gasteiger partial charge in [0.25, 0.3) is 5.91 Å². The summed E-state index contributed by atoms with van der Waals surface area (Å²) >= 11 is 0. The predicted octanol–water partition coefficient (Wildman–Crippen LogP) is 5.65. The first-order valence-electron chi connectivity index (χ1n) is 12.2. The minimum Gasteiger partial charge on any atom is -0.457 e. The number of nitrogens with one attached hydrogen (secondary N) is 1. The van der Waals surface area contributed by atoms with Gasteiger partial charge in [-0.3, -0.25) is 4.79 Å². The normalized spacial score (nSPS) is 18.5. The van der Waals surface area contributed by atoms with Gasteiger partial charge in [0.1, 0.15) is 23.6 Å². The molecule has 182 valence electrons. The maximum absolute atomic E-state index is 12.7. The second-order valence-corrected chi connectivity index (χ2v) is 9.75. The van der Waals surface area contributed by atoms with Crippen LogP contribution in [0.4, 0.5) is 17.2 Å². The van der Waals surface area contributed by atoms with Crippen molar-refractivity contribution in [1.29, 1.82) is 0 Å². The number of hydrogen-bond donors (Lipinski definition) is 1. The van der Waals surface area contributed by atoms with E-state index in [-0.39, 0.29) is 11.9 Å². The second-order valence-electron chi connectivity index (χ2n) is 9.75. The zero-order valence-corrected chi connectivity index (χ0v) is 20.5. The maximum Gasteiger partial charge on any atom is 0.254 e. The van der Waals surface area contributed by atoms with E-state index in [0.29, 0.717) is 17.3 Å². The van der Waals surface area contributed by atoms with Crippen LogP contribution in [0.25, 0.3) is 21.9 Å². The number of hydrogen-bond acceptors (Lipinski definition) is 6. The van der Waals surface area contributed by atoms with Crippen LogP contribution in [-0.4, -0.2) is 31.5 Å². The fraction of sp³-hybridized carbons (Fsp3) is 0.172. The number of amides is 1. The van der Waals surface area contributed by atoms with E-state index < -0.39 is 0 Å².